The van der Waals surface area contributed by atoms with Crippen molar-refractivity contribution in [2.45, 2.75) is 83.2 Å². The van der Waals surface area contributed by atoms with E-state index in [9.17, 15) is 28.8 Å². The Labute approximate surface area is 444 Å². The van der Waals surface area contributed by atoms with Gasteiger partial charge in [0.1, 0.15) is 0 Å². The van der Waals surface area contributed by atoms with E-state index < -0.39 is 0 Å². The Kier molecular flexibility index (Phi) is 28.6. The molecule has 422 valence electrons. The molecule has 24 heteroatoms. The van der Waals surface area contributed by atoms with Gasteiger partial charge in [-0.2, -0.15) is 0 Å². The van der Waals surface area contributed by atoms with Crippen LogP contribution in [0.15, 0.2) is 5.16 Å². The number of unbranched alkanes of at least 4 members (excludes halogenated alkanes) is 2. The predicted molar refractivity (Wildman–Crippen MR) is 282 cm³/mol. The first-order chi connectivity index (χ1) is 47.5. The van der Waals surface area contributed by atoms with E-state index in [1.54, 1.807) is 21.0 Å². The topological polar surface area (TPSA) is 322 Å². The van der Waals surface area contributed by atoms with E-state index in [4.69, 9.17) is 98.7 Å². The molecule has 0 radical (unpaired) electrons. The molecule has 0 aliphatic heterocycles. The lowest BCUT2D eigenvalue weighted by atomic mass is 10.1. The van der Waals surface area contributed by atoms with Crippen molar-refractivity contribution in [2.75, 3.05) is 153 Å². The highest BCUT2D eigenvalue weighted by Gasteiger charge is 2.13. The number of amides is 6. The third-order valence-electron chi connectivity index (χ3n) is 9.31. The van der Waals surface area contributed by atoms with Crippen LogP contribution in [0.3, 0.4) is 0 Å². The standard InChI is InChI=1S/C43H83N9O15.16H2/c1-35(10-11-38(53)50-16-20-61-24-28-65-32-30-63-26-22-59-18-12-39(54)48-14-6-4-8-36(46-2)42(44)57)52-67-34-41(56)51-17-21-62-25-29-66-33-31-64-27-23-60-19-13-40(55)49-15-7-5-9-37(47-3)43(45)58;;;;;;;;;;;;;;;;/h36-37,46-47H,4-34H2,1-3H3,(H2,44,57)(H2,45,58)(H,48,54)(H,49,55)(H,50,53)(H,51,56);16*1H/b52-35-;;;;;;;;;;;;;;;;/t36-,37-;;;;;;;;;;;;;;;;/m0................/s1/i;15*1+1D;1+1. The van der Waals surface area contributed by atoms with Gasteiger partial charge in [0, 0.05) is 91.4 Å². The molecular formula is C43H115N9O15. The van der Waals surface area contributed by atoms with Gasteiger partial charge in [0.05, 0.1) is 124 Å². The fourth-order valence-electron chi connectivity index (χ4n) is 5.50. The molecule has 0 rings (SSSR count). The van der Waals surface area contributed by atoms with Crippen LogP contribution in [0.4, 0.5) is 0 Å². The third-order valence-corrected chi connectivity index (χ3v) is 9.31. The molecule has 0 aromatic carbocycles. The Bertz CT molecular complexity index is 1410. The summed E-state index contributed by atoms with van der Waals surface area (Å²) in [5, 5.41) is 20.7. The fourth-order valence-corrected chi connectivity index (χ4v) is 5.50. The summed E-state index contributed by atoms with van der Waals surface area (Å²) in [5.41, 5.74) is 11.1. The van der Waals surface area contributed by atoms with Crippen molar-refractivity contribution in [2.24, 2.45) is 16.6 Å². The van der Waals surface area contributed by atoms with E-state index in [0.29, 0.717) is 157 Å². The highest BCUT2D eigenvalue weighted by Crippen LogP contribution is 2.01. The van der Waals surface area contributed by atoms with Gasteiger partial charge in [-0.1, -0.05) is 5.16 Å². The molecule has 0 bridgehead atoms. The van der Waals surface area contributed by atoms with E-state index in [-0.39, 0.29) is 74.8 Å². The quantitative estimate of drug-likeness (QED) is 0.0245. The zero-order valence-corrected chi connectivity index (χ0v) is 40.3. The maximum atomic E-state index is 12.1. The molecule has 0 unspecified atom stereocenters. The van der Waals surface area contributed by atoms with Gasteiger partial charge < -0.3 is 86.1 Å². The van der Waals surface area contributed by atoms with Crippen molar-refractivity contribution in [1.82, 2.24) is 31.9 Å². The van der Waals surface area contributed by atoms with Gasteiger partial charge in [-0.25, -0.2) is 0 Å². The molecule has 6 amide bonds. The Morgan fingerprint density at radius 1 is 0.448 bits per heavy atom. The van der Waals surface area contributed by atoms with Crippen molar-refractivity contribution in [3.63, 3.8) is 0 Å². The molecule has 10 N–H and O–H groups in total. The predicted octanol–water partition coefficient (Wildman–Crippen LogP) is 1.96. The minimum Gasteiger partial charge on any atom is -0.386 e. The lowest BCUT2D eigenvalue weighted by molar-refractivity contribution is -0.126. The summed E-state index contributed by atoms with van der Waals surface area (Å²) in [6.07, 6.45) is 5.44. The minimum absolute atomic E-state index is 0. The number of oxime groups is 1. The summed E-state index contributed by atoms with van der Waals surface area (Å²) in [6.45, 7) is 8.96. The lowest BCUT2D eigenvalue weighted by Gasteiger charge is -2.11. The van der Waals surface area contributed by atoms with Gasteiger partial charge in [-0.05, 0) is 66.0 Å². The molecule has 0 fully saturated rings. The average Bonchev–Trinajstić information content (AvgIpc) is 2.96. The zero-order chi connectivity index (χ0) is 79.4. The molecule has 24 nitrogen and oxygen atoms in total. The maximum Gasteiger partial charge on any atom is 0.260 e. The van der Waals surface area contributed by atoms with Crippen LogP contribution in [-0.4, -0.2) is 206 Å². The second-order valence-corrected chi connectivity index (χ2v) is 14.9. The molecule has 0 heterocycles. The molecular weight excluding hydrogens is 883 g/mol. The van der Waals surface area contributed by atoms with Gasteiger partial charge in [0.15, 0.2) is 6.61 Å². The molecule has 0 saturated carbocycles. The molecule has 67 heavy (non-hydrogen) atoms. The number of hydrogen-bond donors (Lipinski definition) is 8. The van der Waals surface area contributed by atoms with Gasteiger partial charge in [-0.15, -0.1) is 0 Å². The molecule has 0 aromatic heterocycles. The van der Waals surface area contributed by atoms with Crippen LogP contribution in [0.5, 0.6) is 0 Å². The number of likely N-dealkylation sites (N-methyl/N-ethyl adjacent to an activating group) is 2. The van der Waals surface area contributed by atoms with E-state index in [2.05, 4.69) is 37.1 Å². The van der Waals surface area contributed by atoms with Crippen molar-refractivity contribution < 1.29 is 117 Å². The van der Waals surface area contributed by atoms with E-state index in [1.807, 2.05) is 0 Å². The fraction of sp³-hybridized carbons (Fsp3) is 0.837. The van der Waals surface area contributed by atoms with Crippen LogP contribution >= 0.6 is 0 Å². The monoisotopic (exact) mass is 1030 g/mol. The Morgan fingerprint density at radius 3 is 1.15 bits per heavy atom. The molecule has 0 aliphatic carbocycles. The number of primary amides is 2. The summed E-state index contributed by atoms with van der Waals surface area (Å²) in [7, 11) is 3.38. The van der Waals surface area contributed by atoms with E-state index in [0.717, 1.165) is 25.7 Å². The maximum absolute atomic E-state index is 12.1. The van der Waals surface area contributed by atoms with Crippen LogP contribution in [0.1, 0.15) is 117 Å². The summed E-state index contributed by atoms with van der Waals surface area (Å²) in [6, 6.07) is -0.697. The summed E-state index contributed by atoms with van der Waals surface area (Å²) in [4.78, 5) is 75.3. The van der Waals surface area contributed by atoms with Crippen molar-refractivity contribution in [1.29, 1.82) is 0 Å². The number of rotatable bonds is 50. The van der Waals surface area contributed by atoms with Crippen LogP contribution in [0.2, 0.25) is 0 Å². The number of nitrogens with one attached hydrogen (secondary N) is 6. The van der Waals surface area contributed by atoms with E-state index in [1.165, 1.54) is 0 Å². The largest absolute Gasteiger partial charge is 0.386 e. The molecule has 2 atom stereocenters. The first kappa shape index (κ1) is 40.7. The lowest BCUT2D eigenvalue weighted by Crippen LogP contribution is -2.39. The van der Waals surface area contributed by atoms with Crippen molar-refractivity contribution in [3.05, 3.63) is 0 Å². The Morgan fingerprint density at radius 2 is 0.776 bits per heavy atom. The van der Waals surface area contributed by atoms with Gasteiger partial charge in [0.25, 0.3) is 5.91 Å². The SMILES string of the molecule is CN[C@@H](CCCCNC(=O)CCOCCOCCOCCOCCNC(=O)CC/C(C)=N\OCC(=O)NCCOCCOCCOCCOCCC(=O)NCCCC[C@H](NC)C(N)=O)C(N)=O.[2HH].[2H][2H].[2H][2H].[2H][2H].[2H][2H].[2H][2H].[2H][2H].[2H][2H].[2H][2H].[2H][2H].[2H][2H].[2H][2H].[2H][2H].[2H][2H].[2H][2H].[2H][2H]. The number of carbonyl (C=O) groups excluding carboxylic acids is 6. The van der Waals surface area contributed by atoms with Gasteiger partial charge in [-0.3, -0.25) is 28.8 Å². The smallest absolute Gasteiger partial charge is 0.260 e. The first-order valence-corrected chi connectivity index (χ1v) is 23.3. The first-order valence-electron chi connectivity index (χ1n) is 38.3. The normalized spacial score (nSPS) is 14.1. The number of nitrogens with zero attached hydrogens (tertiary/aromatic N) is 1. The second-order valence-electron chi connectivity index (χ2n) is 14.9. The van der Waals surface area contributed by atoms with E-state index >= 15 is 0 Å². The highest BCUT2D eigenvalue weighted by atomic mass is 16.6. The van der Waals surface area contributed by atoms with Crippen molar-refractivity contribution >= 4 is 41.2 Å². The highest BCUT2D eigenvalue weighted by molar-refractivity contribution is 5.86. The zero-order valence-electron chi connectivity index (χ0n) is 70.3. The van der Waals surface area contributed by atoms with Crippen LogP contribution < -0.4 is 43.4 Å². The van der Waals surface area contributed by atoms with Crippen LogP contribution in [0.25, 0.3) is 0 Å². The summed E-state index contributed by atoms with van der Waals surface area (Å²) >= 11 is 0. The average molecular weight is 1030 g/mol. The molecule has 0 spiro atoms. The number of hydrogen-bond acceptors (Lipinski definition) is 18. The van der Waals surface area contributed by atoms with Crippen LogP contribution in [-0.2, 0) is 71.5 Å². The molecule has 0 aliphatic rings. The number of carbonyl (C=O) groups is 6. The van der Waals surface area contributed by atoms with Crippen molar-refractivity contribution in [3.8, 4) is 0 Å². The van der Waals surface area contributed by atoms with Crippen LogP contribution in [0, 0.1) is 0 Å². The third kappa shape index (κ3) is 44.2. The Hall–Kier alpha value is -4.11. The molecule has 0 aromatic rings. The second kappa shape index (κ2) is 47.0. The Balaban J connectivity index is -0.000000123. The summed E-state index contributed by atoms with van der Waals surface area (Å²) in [5.74, 6) is -1.45. The minimum atomic E-state index is -0.379. The van der Waals surface area contributed by atoms with Gasteiger partial charge in [0.2, 0.25) is 29.5 Å². The molecule has 0 saturated heterocycles. The summed E-state index contributed by atoms with van der Waals surface area (Å²) < 4.78 is 194. The number of ether oxygens (including phenoxy) is 8. The number of nitrogens with two attached hydrogens (primary N) is 2. The van der Waals surface area contributed by atoms with Gasteiger partial charge >= 0.3 is 0 Å².